The molecular weight excluding hydrogens is 244 g/mol. The van der Waals surface area contributed by atoms with E-state index in [0.717, 1.165) is 19.4 Å². The van der Waals surface area contributed by atoms with E-state index in [4.69, 9.17) is 5.11 Å². The summed E-state index contributed by atoms with van der Waals surface area (Å²) in [5, 5.41) is 8.89. The van der Waals surface area contributed by atoms with Crippen LogP contribution in [0.4, 0.5) is 0 Å². The van der Waals surface area contributed by atoms with E-state index in [9.17, 15) is 9.59 Å². The number of amides is 1. The first-order valence-electron chi connectivity index (χ1n) is 7.10. The number of carbonyl (C=O) groups excluding carboxylic acids is 1. The Morgan fingerprint density at radius 3 is 2.32 bits per heavy atom. The first-order chi connectivity index (χ1) is 8.82. The van der Waals surface area contributed by atoms with Gasteiger partial charge in [0.25, 0.3) is 0 Å². The summed E-state index contributed by atoms with van der Waals surface area (Å²) in [4.78, 5) is 27.1. The average Bonchev–Trinajstić information content (AvgIpc) is 2.63. The zero-order valence-electron chi connectivity index (χ0n) is 12.4. The number of carbonyl (C=O) groups is 2. The number of aliphatic carboxylic acids is 1. The van der Waals surface area contributed by atoms with Gasteiger partial charge in [0.05, 0.1) is 13.0 Å². The number of carboxylic acids is 1. The second-order valence-corrected chi connectivity index (χ2v) is 5.85. The molecule has 19 heavy (non-hydrogen) atoms. The Balaban J connectivity index is 2.61. The molecule has 1 saturated heterocycles. The molecule has 1 amide bonds. The van der Waals surface area contributed by atoms with Crippen molar-refractivity contribution in [3.05, 3.63) is 0 Å². The molecule has 0 saturated carbocycles. The molecule has 110 valence electrons. The summed E-state index contributed by atoms with van der Waals surface area (Å²) in [6, 6.07) is 0.365. The molecule has 1 unspecified atom stereocenters. The third-order valence-corrected chi connectivity index (χ3v) is 3.65. The fourth-order valence-electron chi connectivity index (χ4n) is 2.96. The molecule has 1 aliphatic rings. The van der Waals surface area contributed by atoms with Crippen molar-refractivity contribution in [2.75, 3.05) is 13.1 Å². The van der Waals surface area contributed by atoms with Crippen molar-refractivity contribution in [2.24, 2.45) is 0 Å². The number of nitrogens with zero attached hydrogens (tertiary/aromatic N) is 2. The summed E-state index contributed by atoms with van der Waals surface area (Å²) in [5.41, 5.74) is 0. The number of carboxylic acid groups (broad SMARTS) is 1. The summed E-state index contributed by atoms with van der Waals surface area (Å²) >= 11 is 0. The Kier molecular flexibility index (Phi) is 5.79. The van der Waals surface area contributed by atoms with Crippen LogP contribution in [0.5, 0.6) is 0 Å². The molecule has 0 aromatic rings. The smallest absolute Gasteiger partial charge is 0.304 e. The van der Waals surface area contributed by atoms with Gasteiger partial charge in [-0.15, -0.1) is 0 Å². The summed E-state index contributed by atoms with van der Waals surface area (Å²) in [6.07, 6.45) is 1.99. The molecule has 0 aliphatic carbocycles. The van der Waals surface area contributed by atoms with Crippen LogP contribution in [-0.4, -0.2) is 58.0 Å². The molecule has 0 aromatic heterocycles. The highest BCUT2D eigenvalue weighted by molar-refractivity contribution is 5.79. The van der Waals surface area contributed by atoms with Crippen molar-refractivity contribution in [2.45, 2.75) is 65.1 Å². The highest BCUT2D eigenvalue weighted by atomic mass is 16.4. The van der Waals surface area contributed by atoms with Gasteiger partial charge in [-0.1, -0.05) is 0 Å². The van der Waals surface area contributed by atoms with Crippen molar-refractivity contribution in [1.29, 1.82) is 0 Å². The van der Waals surface area contributed by atoms with Gasteiger partial charge in [-0.2, -0.15) is 0 Å². The zero-order valence-corrected chi connectivity index (χ0v) is 12.4. The Hall–Kier alpha value is -1.10. The lowest BCUT2D eigenvalue weighted by Gasteiger charge is -2.33. The standard InChI is InChI=1S/C14H26N2O3/c1-10(2)16(11(3)4)13(17)9-15-7-5-6-12(15)8-14(18)19/h10-12H,5-9H2,1-4H3,(H,18,19). The Morgan fingerprint density at radius 1 is 1.26 bits per heavy atom. The molecular formula is C14H26N2O3. The van der Waals surface area contributed by atoms with Crippen LogP contribution < -0.4 is 0 Å². The molecule has 1 fully saturated rings. The monoisotopic (exact) mass is 270 g/mol. The lowest BCUT2D eigenvalue weighted by molar-refractivity contribution is -0.140. The van der Waals surface area contributed by atoms with Gasteiger partial charge >= 0.3 is 5.97 Å². The molecule has 1 heterocycles. The third-order valence-electron chi connectivity index (χ3n) is 3.65. The van der Waals surface area contributed by atoms with E-state index in [0.29, 0.717) is 6.54 Å². The van der Waals surface area contributed by atoms with E-state index >= 15 is 0 Å². The first kappa shape index (κ1) is 16.0. The lowest BCUT2D eigenvalue weighted by atomic mass is 10.1. The maximum atomic E-state index is 12.4. The van der Waals surface area contributed by atoms with Crippen molar-refractivity contribution in [1.82, 2.24) is 9.80 Å². The van der Waals surface area contributed by atoms with Gasteiger partial charge in [0.2, 0.25) is 5.91 Å². The minimum absolute atomic E-state index is 0.0163. The van der Waals surface area contributed by atoms with Crippen molar-refractivity contribution in [3.8, 4) is 0 Å². The van der Waals surface area contributed by atoms with E-state index in [1.807, 2.05) is 37.5 Å². The molecule has 5 heteroatoms. The number of hydrogen-bond acceptors (Lipinski definition) is 3. The fourth-order valence-corrected chi connectivity index (χ4v) is 2.96. The predicted molar refractivity (Wildman–Crippen MR) is 74.0 cm³/mol. The van der Waals surface area contributed by atoms with E-state index in [1.54, 1.807) is 0 Å². The van der Waals surface area contributed by atoms with Gasteiger partial charge in [-0.05, 0) is 47.1 Å². The summed E-state index contributed by atoms with van der Waals surface area (Å²) in [6.45, 7) is 9.21. The van der Waals surface area contributed by atoms with Gasteiger partial charge in [0, 0.05) is 18.1 Å². The minimum atomic E-state index is -0.783. The molecule has 0 radical (unpaired) electrons. The van der Waals surface area contributed by atoms with Crippen molar-refractivity contribution < 1.29 is 14.7 Å². The summed E-state index contributed by atoms with van der Waals surface area (Å²) in [5.74, 6) is -0.684. The maximum Gasteiger partial charge on any atom is 0.304 e. The SMILES string of the molecule is CC(C)N(C(=O)CN1CCCC1CC(=O)O)C(C)C. The van der Waals surface area contributed by atoms with Crippen LogP contribution in [0.15, 0.2) is 0 Å². The topological polar surface area (TPSA) is 60.9 Å². The van der Waals surface area contributed by atoms with Crippen LogP contribution in [0.2, 0.25) is 0 Å². The van der Waals surface area contributed by atoms with E-state index < -0.39 is 5.97 Å². The Morgan fingerprint density at radius 2 is 1.84 bits per heavy atom. The van der Waals surface area contributed by atoms with E-state index in [1.165, 1.54) is 0 Å². The number of rotatable bonds is 6. The van der Waals surface area contributed by atoms with Crippen LogP contribution >= 0.6 is 0 Å². The summed E-state index contributed by atoms with van der Waals surface area (Å²) < 4.78 is 0. The van der Waals surface area contributed by atoms with Gasteiger partial charge in [0.1, 0.15) is 0 Å². The minimum Gasteiger partial charge on any atom is -0.481 e. The van der Waals surface area contributed by atoms with Crippen LogP contribution in [0, 0.1) is 0 Å². The van der Waals surface area contributed by atoms with Gasteiger partial charge in [-0.3, -0.25) is 14.5 Å². The Labute approximate surface area is 115 Å². The zero-order chi connectivity index (χ0) is 14.6. The van der Waals surface area contributed by atoms with Crippen LogP contribution in [-0.2, 0) is 9.59 Å². The van der Waals surface area contributed by atoms with Gasteiger partial charge in [-0.25, -0.2) is 0 Å². The largest absolute Gasteiger partial charge is 0.481 e. The van der Waals surface area contributed by atoms with Crippen LogP contribution in [0.3, 0.4) is 0 Å². The third kappa shape index (κ3) is 4.49. The second-order valence-electron chi connectivity index (χ2n) is 5.85. The Bertz CT molecular complexity index is 321. The van der Waals surface area contributed by atoms with E-state index in [-0.39, 0.29) is 30.5 Å². The van der Waals surface area contributed by atoms with Gasteiger partial charge in [0.15, 0.2) is 0 Å². The molecule has 1 N–H and O–H groups in total. The van der Waals surface area contributed by atoms with E-state index in [2.05, 4.69) is 0 Å². The molecule has 1 aliphatic heterocycles. The number of likely N-dealkylation sites (tertiary alicyclic amines) is 1. The predicted octanol–water partition coefficient (Wildman–Crippen LogP) is 1.57. The quantitative estimate of drug-likeness (QED) is 0.796. The number of hydrogen-bond donors (Lipinski definition) is 1. The highest BCUT2D eigenvalue weighted by Gasteiger charge is 2.30. The van der Waals surface area contributed by atoms with Crippen molar-refractivity contribution >= 4 is 11.9 Å². The van der Waals surface area contributed by atoms with Gasteiger partial charge < -0.3 is 10.0 Å². The second kappa shape index (κ2) is 6.89. The maximum absolute atomic E-state index is 12.4. The molecule has 0 aromatic carbocycles. The fraction of sp³-hybridized carbons (Fsp3) is 0.857. The average molecular weight is 270 g/mol. The molecule has 1 atom stereocenters. The summed E-state index contributed by atoms with van der Waals surface area (Å²) in [7, 11) is 0. The lowest BCUT2D eigenvalue weighted by Crippen LogP contribution is -2.48. The molecule has 0 spiro atoms. The first-order valence-corrected chi connectivity index (χ1v) is 7.10. The normalized spacial score (nSPS) is 20.2. The highest BCUT2D eigenvalue weighted by Crippen LogP contribution is 2.20. The van der Waals surface area contributed by atoms with Crippen LogP contribution in [0.1, 0.15) is 47.0 Å². The van der Waals surface area contributed by atoms with Crippen molar-refractivity contribution in [3.63, 3.8) is 0 Å². The molecule has 5 nitrogen and oxygen atoms in total. The molecule has 0 bridgehead atoms. The molecule has 1 rings (SSSR count). The van der Waals surface area contributed by atoms with Crippen LogP contribution in [0.25, 0.3) is 0 Å².